The Balaban J connectivity index is -0.000000180. The summed E-state index contributed by atoms with van der Waals surface area (Å²) in [7, 11) is 0. The molecule has 4 aliphatic rings. The molecule has 1 atom stereocenters. The number of rotatable bonds is 24. The Morgan fingerprint density at radius 3 is 0.716 bits per heavy atom. The third-order valence-corrected chi connectivity index (χ3v) is 16.8. The van der Waals surface area contributed by atoms with Gasteiger partial charge < -0.3 is 0 Å². The summed E-state index contributed by atoms with van der Waals surface area (Å²) < 4.78 is 0. The molecule has 4 aliphatic carbocycles. The molecule has 0 saturated heterocycles. The van der Waals surface area contributed by atoms with Gasteiger partial charge in [-0.2, -0.15) is 0 Å². The molecular weight excluding hydrogens is 1180 g/mol. The average molecular weight is 1350 g/mol. The van der Waals surface area contributed by atoms with Crippen LogP contribution in [0.1, 0.15) is 364 Å². The van der Waals surface area contributed by atoms with E-state index in [0.29, 0.717) is 99.8 Å². The van der Waals surface area contributed by atoms with E-state index < -0.39 is 0 Å². The maximum Gasteiger partial charge on any atom is 0.140 e. The van der Waals surface area contributed by atoms with Crippen LogP contribution in [-0.4, -0.2) is 63.6 Å². The molecule has 4 fully saturated rings. The highest BCUT2D eigenvalue weighted by Crippen LogP contribution is 2.32. The first-order valence-corrected chi connectivity index (χ1v) is 38.2. The number of carbonyl (C=O) groups excluding carboxylic acids is 11. The Kier molecular flexibility index (Phi) is 66.6. The van der Waals surface area contributed by atoms with Crippen LogP contribution in [0.4, 0.5) is 0 Å². The van der Waals surface area contributed by atoms with Crippen molar-refractivity contribution in [2.24, 2.45) is 112 Å². The molecule has 11 nitrogen and oxygen atoms in total. The second kappa shape index (κ2) is 60.3. The minimum absolute atomic E-state index is 0.159. The van der Waals surface area contributed by atoms with Crippen molar-refractivity contribution >= 4 is 63.6 Å². The molecule has 4 saturated carbocycles. The van der Waals surface area contributed by atoms with Crippen LogP contribution in [-0.2, 0) is 52.7 Å². The summed E-state index contributed by atoms with van der Waals surface area (Å²) in [5.41, 5.74) is -0.159. The topological polar surface area (TPSA) is 188 Å². The third kappa shape index (κ3) is 63.6. The van der Waals surface area contributed by atoms with Crippen LogP contribution in [0.15, 0.2) is 0 Å². The smallest absolute Gasteiger partial charge is 0.140 e. The lowest BCUT2D eigenvalue weighted by molar-refractivity contribution is -0.129. The molecule has 0 aromatic heterocycles. The predicted octanol–water partition coefficient (Wildman–Crippen LogP) is 22.7. The maximum absolute atomic E-state index is 11.5. The first-order chi connectivity index (χ1) is 43.4. The molecule has 1 unspecified atom stereocenters. The summed E-state index contributed by atoms with van der Waals surface area (Å²) in [6.07, 6.45) is 21.7. The summed E-state index contributed by atoms with van der Waals surface area (Å²) in [5.74, 6) is 9.87. The van der Waals surface area contributed by atoms with Gasteiger partial charge in [0.05, 0.1) is 0 Å². The number of hydrogen-bond donors (Lipinski definition) is 0. The van der Waals surface area contributed by atoms with Crippen LogP contribution in [0.2, 0.25) is 0 Å². The van der Waals surface area contributed by atoms with Gasteiger partial charge in [0.2, 0.25) is 0 Å². The first kappa shape index (κ1) is 105. The van der Waals surface area contributed by atoms with Crippen molar-refractivity contribution in [1.29, 1.82) is 0 Å². The van der Waals surface area contributed by atoms with Gasteiger partial charge in [0, 0.05) is 126 Å². The van der Waals surface area contributed by atoms with E-state index in [0.717, 1.165) is 83.5 Å². The maximum atomic E-state index is 11.5. The Morgan fingerprint density at radius 2 is 0.600 bits per heavy atom. The Labute approximate surface area is 589 Å². The summed E-state index contributed by atoms with van der Waals surface area (Å²) >= 11 is 0. The molecule has 95 heavy (non-hydrogen) atoms. The number of ketones is 11. The van der Waals surface area contributed by atoms with E-state index >= 15 is 0 Å². The number of carbonyl (C=O) groups is 11. The van der Waals surface area contributed by atoms with Gasteiger partial charge in [-0.1, -0.05) is 267 Å². The zero-order valence-electron chi connectivity index (χ0n) is 69.0. The number of Topliss-reactive ketones (excluding diaryl/α,β-unsaturated/α-hetero) is 11. The van der Waals surface area contributed by atoms with E-state index in [4.69, 9.17) is 0 Å². The van der Waals surface area contributed by atoms with Gasteiger partial charge in [-0.25, -0.2) is 0 Å². The van der Waals surface area contributed by atoms with Crippen LogP contribution in [0, 0.1) is 112 Å². The van der Waals surface area contributed by atoms with E-state index in [-0.39, 0.29) is 82.2 Å². The van der Waals surface area contributed by atoms with Crippen molar-refractivity contribution in [3.63, 3.8) is 0 Å². The predicted molar refractivity (Wildman–Crippen MR) is 406 cm³/mol. The van der Waals surface area contributed by atoms with Gasteiger partial charge >= 0.3 is 0 Å². The van der Waals surface area contributed by atoms with Crippen molar-refractivity contribution in [3.8, 4) is 0 Å². The lowest BCUT2D eigenvalue weighted by Gasteiger charge is -2.25. The van der Waals surface area contributed by atoms with Crippen molar-refractivity contribution in [2.45, 2.75) is 364 Å². The summed E-state index contributed by atoms with van der Waals surface area (Å²) in [6.45, 7) is 66.7. The molecule has 0 bridgehead atoms. The first-order valence-electron chi connectivity index (χ1n) is 38.2. The van der Waals surface area contributed by atoms with Crippen molar-refractivity contribution in [1.82, 2.24) is 0 Å². The Hall–Kier alpha value is -3.63. The molecular formula is C84H160O11. The molecule has 562 valence electrons. The molecule has 0 N–H and O–H groups in total. The van der Waals surface area contributed by atoms with E-state index in [9.17, 15) is 52.7 Å². The van der Waals surface area contributed by atoms with Crippen LogP contribution >= 0.6 is 0 Å². The highest BCUT2D eigenvalue weighted by atomic mass is 16.2. The quantitative estimate of drug-likeness (QED) is 0.0894. The summed E-state index contributed by atoms with van der Waals surface area (Å²) in [4.78, 5) is 120. The van der Waals surface area contributed by atoms with E-state index in [1.54, 1.807) is 6.92 Å². The Bertz CT molecular complexity index is 1980. The highest BCUT2D eigenvalue weighted by molar-refractivity contribution is 5.87. The molecule has 0 radical (unpaired) electrons. The van der Waals surface area contributed by atoms with Gasteiger partial charge in [0.25, 0.3) is 0 Å². The molecule has 0 aromatic carbocycles. The van der Waals surface area contributed by atoms with Crippen LogP contribution < -0.4 is 0 Å². The molecule has 0 aromatic rings. The molecule has 0 amide bonds. The van der Waals surface area contributed by atoms with Crippen molar-refractivity contribution in [3.05, 3.63) is 0 Å². The van der Waals surface area contributed by atoms with Crippen LogP contribution in [0.3, 0.4) is 0 Å². The minimum Gasteiger partial charge on any atom is -0.300 e. The van der Waals surface area contributed by atoms with Gasteiger partial charge in [0.15, 0.2) is 0 Å². The lowest BCUT2D eigenvalue weighted by Crippen LogP contribution is -2.25. The lowest BCUT2D eigenvalue weighted by atomic mass is 9.79. The monoisotopic (exact) mass is 1350 g/mol. The fourth-order valence-corrected chi connectivity index (χ4v) is 9.78. The number of hydrogen-bond acceptors (Lipinski definition) is 11. The second-order valence-electron chi connectivity index (χ2n) is 32.6. The second-order valence-corrected chi connectivity index (χ2v) is 32.6. The Morgan fingerprint density at radius 1 is 0.326 bits per heavy atom. The standard InChI is InChI=1S/C10H18O.C9H16O.C9H18O.C8H14O.2C8H16O.C7H12O.2C7H14O.C6H12O.C5H10O/c1-8(2)10(11)9-6-4-3-5-7-9;1-7(2)9(10)8-5-3-4-6-8;1-7(2)5-9(10)6-8(3)4;1-6(2)8(9)7-4-3-5-7;1-6(2)7(9)8(3,4)5;1-5-7(4)8(9)6(2)3;1-5(2)7(8)6-3-4-6;1-5(2)7(8)6(3)4;1-4-5-7(8)6(2)3;1-4-6(7)5(2)3;1-4(2)5(3)6/h8-9H,3-7H2,1-2H3;7-8H,3-6H2,1-2H3;7-8H,5-6H2,1-4H3;6-7H,3-5H2,1-2H3;6H,1-5H3;6-7H,5H2,1-4H3;5-6H,3-4H2,1-2H3;5-6H,1-4H3;6H,4-5H2,1-3H3;5H,4H2,1-3H3;4H,1-3H3. The molecule has 0 aliphatic heterocycles. The molecule has 0 heterocycles. The minimum atomic E-state index is -0.159. The van der Waals surface area contributed by atoms with Crippen LogP contribution in [0.5, 0.6) is 0 Å². The van der Waals surface area contributed by atoms with Crippen LogP contribution in [0.25, 0.3) is 0 Å². The fourth-order valence-electron chi connectivity index (χ4n) is 9.78. The SMILES string of the molecule is CC(=O)C(C)C.CC(C)C(=O)C(C)(C)C.CC(C)C(=O)C(C)C.CC(C)C(=O)C1CC1.CC(C)C(=O)C1CCC1.CC(C)C(=O)C1CCCC1.CC(C)C(=O)C1CCCCC1.CC(C)CC(=O)CC(C)C.CCC(=O)C(C)C.CCC(C)C(=O)C(C)C.CCCC(=O)C(C)C. The zero-order valence-corrected chi connectivity index (χ0v) is 69.0. The van der Waals surface area contributed by atoms with Gasteiger partial charge in [-0.15, -0.1) is 0 Å². The zero-order chi connectivity index (χ0) is 76.4. The molecule has 4 rings (SSSR count). The normalized spacial score (nSPS) is 14.7. The fraction of sp³-hybridized carbons (Fsp3) is 0.869. The van der Waals surface area contributed by atoms with Gasteiger partial charge in [-0.05, 0) is 83.0 Å². The van der Waals surface area contributed by atoms with E-state index in [2.05, 4.69) is 27.7 Å². The van der Waals surface area contributed by atoms with Crippen molar-refractivity contribution < 1.29 is 52.7 Å². The summed E-state index contributed by atoms with van der Waals surface area (Å²) in [6, 6.07) is 0. The highest BCUT2D eigenvalue weighted by Gasteiger charge is 2.31. The molecule has 0 spiro atoms. The molecule has 11 heteroatoms. The van der Waals surface area contributed by atoms with Gasteiger partial charge in [-0.3, -0.25) is 52.7 Å². The third-order valence-electron chi connectivity index (χ3n) is 16.8. The van der Waals surface area contributed by atoms with E-state index in [1.807, 2.05) is 201 Å². The largest absolute Gasteiger partial charge is 0.300 e. The van der Waals surface area contributed by atoms with Crippen molar-refractivity contribution in [2.75, 3.05) is 0 Å². The van der Waals surface area contributed by atoms with Gasteiger partial charge in [0.1, 0.15) is 63.6 Å². The average Bonchev–Trinajstić information content (AvgIpc) is 1.89. The van der Waals surface area contributed by atoms with E-state index in [1.165, 1.54) is 38.5 Å². The summed E-state index contributed by atoms with van der Waals surface area (Å²) in [5, 5.41) is 0.